The van der Waals surface area contributed by atoms with Crippen molar-refractivity contribution in [3.8, 4) is 5.75 Å². The molecule has 0 bridgehead atoms. The van der Waals surface area contributed by atoms with E-state index < -0.39 is 10.0 Å². The molecule has 1 aromatic carbocycles. The van der Waals surface area contributed by atoms with Crippen LogP contribution < -0.4 is 10.5 Å². The molecule has 1 unspecified atom stereocenters. The van der Waals surface area contributed by atoms with Gasteiger partial charge in [-0.1, -0.05) is 0 Å². The van der Waals surface area contributed by atoms with Gasteiger partial charge in [-0.15, -0.1) is 0 Å². The van der Waals surface area contributed by atoms with E-state index in [1.807, 2.05) is 0 Å². The largest absolute Gasteiger partial charge is 0.497 e. The van der Waals surface area contributed by atoms with Crippen molar-refractivity contribution < 1.29 is 13.2 Å². The number of hydrogen-bond acceptors (Lipinski definition) is 4. The summed E-state index contributed by atoms with van der Waals surface area (Å²) in [5, 5.41) is 0. The monoisotopic (exact) mass is 284 g/mol. The van der Waals surface area contributed by atoms with Crippen molar-refractivity contribution in [1.29, 1.82) is 0 Å². The van der Waals surface area contributed by atoms with Crippen LogP contribution in [0.25, 0.3) is 0 Å². The molecule has 5 nitrogen and oxygen atoms in total. The van der Waals surface area contributed by atoms with Gasteiger partial charge in [0, 0.05) is 19.6 Å². The van der Waals surface area contributed by atoms with Gasteiger partial charge in [-0.05, 0) is 43.0 Å². The summed E-state index contributed by atoms with van der Waals surface area (Å²) in [7, 11) is -0.327. The van der Waals surface area contributed by atoms with Crippen molar-refractivity contribution in [2.24, 2.45) is 11.7 Å². The van der Waals surface area contributed by atoms with Crippen LogP contribution in [0.1, 0.15) is 12.8 Å². The van der Waals surface area contributed by atoms with Crippen LogP contribution >= 0.6 is 0 Å². The van der Waals surface area contributed by atoms with Gasteiger partial charge in [0.2, 0.25) is 10.0 Å². The molecule has 1 fully saturated rings. The maximum Gasteiger partial charge on any atom is 0.243 e. The Hall–Kier alpha value is -1.11. The lowest BCUT2D eigenvalue weighted by Gasteiger charge is -2.26. The highest BCUT2D eigenvalue weighted by molar-refractivity contribution is 7.89. The zero-order chi connectivity index (χ0) is 14.0. The minimum atomic E-state index is -3.48. The highest BCUT2D eigenvalue weighted by atomic mass is 32.2. The number of sulfonamides is 1. The molecular weight excluding hydrogens is 264 g/mol. The van der Waals surface area contributed by atoms with E-state index in [2.05, 4.69) is 0 Å². The predicted octanol–water partition coefficient (Wildman–Crippen LogP) is 1.05. The fraction of sp³-hybridized carbons (Fsp3) is 0.538. The SMILES string of the molecule is COc1ccc(S(=O)(=O)N(C)C(CN)C2CC2)cc1. The topological polar surface area (TPSA) is 72.6 Å². The highest BCUT2D eigenvalue weighted by Gasteiger charge is 2.38. The molecule has 0 saturated heterocycles. The van der Waals surface area contributed by atoms with Crippen LogP contribution in [-0.2, 0) is 10.0 Å². The molecular formula is C13H20N2O3S. The number of methoxy groups -OCH3 is 1. The first-order valence-electron chi connectivity index (χ1n) is 6.33. The summed E-state index contributed by atoms with van der Waals surface area (Å²) >= 11 is 0. The molecule has 2 rings (SSSR count). The van der Waals surface area contributed by atoms with Gasteiger partial charge in [0.25, 0.3) is 0 Å². The quantitative estimate of drug-likeness (QED) is 0.847. The third-order valence-corrected chi connectivity index (χ3v) is 5.51. The average Bonchev–Trinajstić information content (AvgIpc) is 3.24. The zero-order valence-corrected chi connectivity index (χ0v) is 12.1. The van der Waals surface area contributed by atoms with Crippen molar-refractivity contribution >= 4 is 10.0 Å². The van der Waals surface area contributed by atoms with E-state index in [-0.39, 0.29) is 10.9 Å². The Balaban J connectivity index is 2.24. The number of benzene rings is 1. The van der Waals surface area contributed by atoms with E-state index in [0.29, 0.717) is 18.2 Å². The van der Waals surface area contributed by atoms with Gasteiger partial charge in [-0.3, -0.25) is 0 Å². The first kappa shape index (κ1) is 14.3. The van der Waals surface area contributed by atoms with Crippen molar-refractivity contribution in [3.63, 3.8) is 0 Å². The van der Waals surface area contributed by atoms with Gasteiger partial charge in [0.1, 0.15) is 5.75 Å². The van der Waals surface area contributed by atoms with Gasteiger partial charge in [-0.25, -0.2) is 8.42 Å². The van der Waals surface area contributed by atoms with E-state index >= 15 is 0 Å². The summed E-state index contributed by atoms with van der Waals surface area (Å²) in [4.78, 5) is 0.273. The minimum Gasteiger partial charge on any atom is -0.497 e. The van der Waals surface area contributed by atoms with E-state index in [1.54, 1.807) is 38.4 Å². The fourth-order valence-corrected chi connectivity index (χ4v) is 3.64. The van der Waals surface area contributed by atoms with E-state index in [4.69, 9.17) is 10.5 Å². The summed E-state index contributed by atoms with van der Waals surface area (Å²) < 4.78 is 31.4. The molecule has 19 heavy (non-hydrogen) atoms. The summed E-state index contributed by atoms with van der Waals surface area (Å²) in [6, 6.07) is 6.31. The lowest BCUT2D eigenvalue weighted by atomic mass is 10.2. The molecule has 6 heteroatoms. The molecule has 0 spiro atoms. The number of hydrogen-bond donors (Lipinski definition) is 1. The molecule has 0 aliphatic heterocycles. The zero-order valence-electron chi connectivity index (χ0n) is 11.2. The van der Waals surface area contributed by atoms with Crippen molar-refractivity contribution in [3.05, 3.63) is 24.3 Å². The first-order chi connectivity index (χ1) is 9.00. The van der Waals surface area contributed by atoms with Crippen LogP contribution in [0.2, 0.25) is 0 Å². The molecule has 1 saturated carbocycles. The fourth-order valence-electron chi connectivity index (χ4n) is 2.21. The van der Waals surface area contributed by atoms with E-state index in [0.717, 1.165) is 12.8 Å². The van der Waals surface area contributed by atoms with Gasteiger partial charge in [0.15, 0.2) is 0 Å². The molecule has 1 aliphatic rings. The maximum atomic E-state index is 12.5. The van der Waals surface area contributed by atoms with E-state index in [1.165, 1.54) is 4.31 Å². The third kappa shape index (κ3) is 2.91. The van der Waals surface area contributed by atoms with Crippen LogP contribution in [0.5, 0.6) is 5.75 Å². The van der Waals surface area contributed by atoms with Crippen molar-refractivity contribution in [2.45, 2.75) is 23.8 Å². The molecule has 0 heterocycles. The number of ether oxygens (including phenoxy) is 1. The van der Waals surface area contributed by atoms with Crippen molar-refractivity contribution in [1.82, 2.24) is 4.31 Å². The second-order valence-electron chi connectivity index (χ2n) is 4.84. The Morgan fingerprint density at radius 2 is 1.95 bits per heavy atom. The molecule has 1 aromatic rings. The third-order valence-electron chi connectivity index (χ3n) is 3.61. The second-order valence-corrected chi connectivity index (χ2v) is 6.83. The summed E-state index contributed by atoms with van der Waals surface area (Å²) in [6.07, 6.45) is 2.12. The molecule has 106 valence electrons. The molecule has 1 atom stereocenters. The number of rotatable bonds is 6. The van der Waals surface area contributed by atoms with Crippen molar-refractivity contribution in [2.75, 3.05) is 20.7 Å². The maximum absolute atomic E-state index is 12.5. The van der Waals surface area contributed by atoms with E-state index in [9.17, 15) is 8.42 Å². The standard InChI is InChI=1S/C13H20N2O3S/c1-15(13(9-14)10-3-4-10)19(16,17)12-7-5-11(18-2)6-8-12/h5-8,10,13H,3-4,9,14H2,1-2H3. The van der Waals surface area contributed by atoms with Crippen LogP contribution in [-0.4, -0.2) is 39.5 Å². The minimum absolute atomic E-state index is 0.105. The average molecular weight is 284 g/mol. The number of nitrogens with two attached hydrogens (primary N) is 1. The molecule has 0 radical (unpaired) electrons. The van der Waals surface area contributed by atoms with Gasteiger partial charge < -0.3 is 10.5 Å². The number of likely N-dealkylation sites (N-methyl/N-ethyl adjacent to an activating group) is 1. The van der Waals surface area contributed by atoms with Crippen LogP contribution in [0.15, 0.2) is 29.2 Å². The Morgan fingerprint density at radius 1 is 1.37 bits per heavy atom. The Labute approximate surface area is 114 Å². The van der Waals surface area contributed by atoms with Crippen LogP contribution in [0.3, 0.4) is 0 Å². The lowest BCUT2D eigenvalue weighted by molar-refractivity contribution is 0.340. The summed E-state index contributed by atoms with van der Waals surface area (Å²) in [6.45, 7) is 0.358. The smallest absolute Gasteiger partial charge is 0.243 e. The first-order valence-corrected chi connectivity index (χ1v) is 7.77. The Kier molecular flexibility index (Phi) is 4.13. The molecule has 2 N–H and O–H groups in total. The van der Waals surface area contributed by atoms with Gasteiger partial charge in [-0.2, -0.15) is 4.31 Å². The molecule has 1 aliphatic carbocycles. The predicted molar refractivity (Wildman–Crippen MR) is 73.5 cm³/mol. The molecule has 0 amide bonds. The summed E-state index contributed by atoms with van der Waals surface area (Å²) in [5.41, 5.74) is 5.71. The summed E-state index contributed by atoms with van der Waals surface area (Å²) in [5.74, 6) is 1.04. The normalized spacial score (nSPS) is 17.5. The van der Waals surface area contributed by atoms with Gasteiger partial charge in [0.05, 0.1) is 12.0 Å². The van der Waals surface area contributed by atoms with Crippen LogP contribution in [0.4, 0.5) is 0 Å². The highest BCUT2D eigenvalue weighted by Crippen LogP contribution is 2.36. The Bertz CT molecular complexity index is 523. The Morgan fingerprint density at radius 3 is 2.37 bits per heavy atom. The second kappa shape index (κ2) is 5.48. The lowest BCUT2D eigenvalue weighted by Crippen LogP contribution is -2.43. The van der Waals surface area contributed by atoms with Gasteiger partial charge >= 0.3 is 0 Å². The number of nitrogens with zero attached hydrogens (tertiary/aromatic N) is 1. The molecule has 0 aromatic heterocycles. The van der Waals surface area contributed by atoms with Crippen LogP contribution in [0, 0.1) is 5.92 Å².